The second kappa shape index (κ2) is 5.66. The monoisotopic (exact) mass is 147 g/mol. The van der Waals surface area contributed by atoms with Crippen LogP contribution in [0.4, 0.5) is 4.39 Å². The first kappa shape index (κ1) is 9.89. The van der Waals surface area contributed by atoms with Gasteiger partial charge in [-0.15, -0.1) is 0 Å². The fraction of sp³-hybridized carbons (Fsp3) is 1.00. The van der Waals surface area contributed by atoms with Crippen molar-refractivity contribution in [1.82, 2.24) is 0 Å². The molecule has 2 N–H and O–H groups in total. The Labute approximate surface area is 62.8 Å². The average molecular weight is 147 g/mol. The molecule has 0 aliphatic rings. The first-order valence-corrected chi connectivity index (χ1v) is 4.12. The summed E-state index contributed by atoms with van der Waals surface area (Å²) in [4.78, 5) is 0. The van der Waals surface area contributed by atoms with Gasteiger partial charge in [0.25, 0.3) is 0 Å². The summed E-state index contributed by atoms with van der Waals surface area (Å²) in [6.45, 7) is 3.92. The molecule has 0 fully saturated rings. The lowest BCUT2D eigenvalue weighted by atomic mass is 10.0. The van der Waals surface area contributed by atoms with Crippen molar-refractivity contribution in [3.8, 4) is 0 Å². The van der Waals surface area contributed by atoms with E-state index in [1.165, 1.54) is 0 Å². The van der Waals surface area contributed by atoms with Crippen molar-refractivity contribution in [2.75, 3.05) is 0 Å². The summed E-state index contributed by atoms with van der Waals surface area (Å²) < 4.78 is 12.7. The fourth-order valence-electron chi connectivity index (χ4n) is 0.923. The van der Waals surface area contributed by atoms with Crippen LogP contribution in [0.2, 0.25) is 0 Å². The van der Waals surface area contributed by atoms with Crippen LogP contribution in [0.1, 0.15) is 39.5 Å². The number of nitrogens with two attached hydrogens (primary N) is 1. The summed E-state index contributed by atoms with van der Waals surface area (Å²) in [5, 5.41) is 0. The Morgan fingerprint density at radius 3 is 2.40 bits per heavy atom. The molecule has 0 heterocycles. The van der Waals surface area contributed by atoms with Crippen LogP contribution < -0.4 is 5.73 Å². The average Bonchev–Trinajstić information content (AvgIpc) is 1.98. The highest BCUT2D eigenvalue weighted by molar-refractivity contribution is 4.69. The van der Waals surface area contributed by atoms with Gasteiger partial charge in [-0.25, -0.2) is 4.39 Å². The van der Waals surface area contributed by atoms with E-state index in [1.807, 2.05) is 6.92 Å². The first-order chi connectivity index (χ1) is 4.72. The summed E-state index contributed by atoms with van der Waals surface area (Å²) in [5.74, 6) is 0. The van der Waals surface area contributed by atoms with Gasteiger partial charge in [-0.3, -0.25) is 0 Å². The maximum absolute atomic E-state index is 12.7. The van der Waals surface area contributed by atoms with E-state index in [0.717, 1.165) is 19.3 Å². The zero-order chi connectivity index (χ0) is 7.98. The molecular formula is C8H18FN. The predicted octanol–water partition coefficient (Wildman–Crippen LogP) is 2.25. The van der Waals surface area contributed by atoms with Crippen molar-refractivity contribution in [1.29, 1.82) is 0 Å². The molecule has 0 bridgehead atoms. The van der Waals surface area contributed by atoms with Gasteiger partial charge < -0.3 is 5.73 Å². The topological polar surface area (TPSA) is 26.0 Å². The molecule has 10 heavy (non-hydrogen) atoms. The van der Waals surface area contributed by atoms with Gasteiger partial charge in [0, 0.05) is 6.04 Å². The molecular weight excluding hydrogens is 129 g/mol. The molecule has 0 aromatic rings. The van der Waals surface area contributed by atoms with Crippen LogP contribution in [0.3, 0.4) is 0 Å². The molecule has 2 heteroatoms. The van der Waals surface area contributed by atoms with Crippen LogP contribution in [0.15, 0.2) is 0 Å². The van der Waals surface area contributed by atoms with Gasteiger partial charge in [-0.05, 0) is 12.8 Å². The van der Waals surface area contributed by atoms with Crippen LogP contribution in [0, 0.1) is 0 Å². The smallest absolute Gasteiger partial charge is 0.115 e. The normalized spacial score (nSPS) is 16.8. The molecule has 62 valence electrons. The summed E-state index contributed by atoms with van der Waals surface area (Å²) in [6.07, 6.45) is 2.72. The number of unbranched alkanes of at least 4 members (excludes halogenated alkanes) is 1. The molecule has 0 saturated carbocycles. The van der Waals surface area contributed by atoms with E-state index in [2.05, 4.69) is 6.92 Å². The summed E-state index contributed by atoms with van der Waals surface area (Å²) >= 11 is 0. The number of rotatable bonds is 5. The van der Waals surface area contributed by atoms with Crippen molar-refractivity contribution in [3.63, 3.8) is 0 Å². The third-order valence-electron chi connectivity index (χ3n) is 1.75. The van der Waals surface area contributed by atoms with E-state index in [4.69, 9.17) is 5.73 Å². The van der Waals surface area contributed by atoms with E-state index in [0.29, 0.717) is 6.42 Å². The zero-order valence-electron chi connectivity index (χ0n) is 6.94. The molecule has 0 aromatic heterocycles. The zero-order valence-corrected chi connectivity index (χ0v) is 6.94. The van der Waals surface area contributed by atoms with Crippen LogP contribution >= 0.6 is 0 Å². The van der Waals surface area contributed by atoms with E-state index >= 15 is 0 Å². The van der Waals surface area contributed by atoms with Crippen molar-refractivity contribution in [2.45, 2.75) is 51.7 Å². The maximum Gasteiger partial charge on any atom is 0.115 e. The van der Waals surface area contributed by atoms with E-state index < -0.39 is 6.17 Å². The number of hydrogen-bond acceptors (Lipinski definition) is 1. The molecule has 0 aliphatic carbocycles. The maximum atomic E-state index is 12.7. The molecule has 0 aliphatic heterocycles. The predicted molar refractivity (Wildman–Crippen MR) is 42.7 cm³/mol. The Kier molecular flexibility index (Phi) is 5.60. The lowest BCUT2D eigenvalue weighted by molar-refractivity contribution is 0.262. The molecule has 0 amide bonds. The Bertz CT molecular complexity index is 75.7. The lowest BCUT2D eigenvalue weighted by Crippen LogP contribution is -2.30. The molecule has 1 nitrogen and oxygen atoms in total. The highest BCUT2D eigenvalue weighted by atomic mass is 19.1. The van der Waals surface area contributed by atoms with Gasteiger partial charge in [0.1, 0.15) is 6.17 Å². The minimum atomic E-state index is -0.799. The molecule has 0 radical (unpaired) electrons. The van der Waals surface area contributed by atoms with Crippen LogP contribution in [0.25, 0.3) is 0 Å². The van der Waals surface area contributed by atoms with E-state index in [1.54, 1.807) is 0 Å². The highest BCUT2D eigenvalue weighted by Crippen LogP contribution is 2.08. The third kappa shape index (κ3) is 3.83. The minimum absolute atomic E-state index is 0.232. The Morgan fingerprint density at radius 1 is 1.40 bits per heavy atom. The summed E-state index contributed by atoms with van der Waals surface area (Å²) in [6, 6.07) is -0.232. The number of halogens is 1. The fourth-order valence-corrected chi connectivity index (χ4v) is 0.923. The van der Waals surface area contributed by atoms with Gasteiger partial charge in [0.2, 0.25) is 0 Å². The molecule has 2 unspecified atom stereocenters. The SMILES string of the molecule is CCCCC(N)C(F)CC. The van der Waals surface area contributed by atoms with Crippen LogP contribution in [-0.4, -0.2) is 12.2 Å². The second-order valence-corrected chi connectivity index (χ2v) is 2.73. The van der Waals surface area contributed by atoms with Crippen molar-refractivity contribution in [3.05, 3.63) is 0 Å². The van der Waals surface area contributed by atoms with Crippen molar-refractivity contribution < 1.29 is 4.39 Å². The first-order valence-electron chi connectivity index (χ1n) is 4.12. The standard InChI is InChI=1S/C8H18FN/c1-3-5-6-8(10)7(9)4-2/h7-8H,3-6,10H2,1-2H3. The van der Waals surface area contributed by atoms with Gasteiger partial charge in [-0.2, -0.15) is 0 Å². The van der Waals surface area contributed by atoms with Crippen LogP contribution in [-0.2, 0) is 0 Å². The van der Waals surface area contributed by atoms with Gasteiger partial charge in [-0.1, -0.05) is 26.7 Å². The molecule has 0 saturated heterocycles. The minimum Gasteiger partial charge on any atom is -0.325 e. The molecule has 0 spiro atoms. The highest BCUT2D eigenvalue weighted by Gasteiger charge is 2.12. The Balaban J connectivity index is 3.31. The summed E-state index contributed by atoms with van der Waals surface area (Å²) in [7, 11) is 0. The quantitative estimate of drug-likeness (QED) is 0.634. The van der Waals surface area contributed by atoms with E-state index in [-0.39, 0.29) is 6.04 Å². The van der Waals surface area contributed by atoms with Gasteiger partial charge >= 0.3 is 0 Å². The number of alkyl halides is 1. The number of hydrogen-bond donors (Lipinski definition) is 1. The lowest BCUT2D eigenvalue weighted by Gasteiger charge is -2.13. The summed E-state index contributed by atoms with van der Waals surface area (Å²) in [5.41, 5.74) is 5.54. The second-order valence-electron chi connectivity index (χ2n) is 2.73. The largest absolute Gasteiger partial charge is 0.325 e. The molecule has 2 atom stereocenters. The van der Waals surface area contributed by atoms with Crippen LogP contribution in [0.5, 0.6) is 0 Å². The van der Waals surface area contributed by atoms with Crippen molar-refractivity contribution in [2.24, 2.45) is 5.73 Å². The molecule has 0 rings (SSSR count). The molecule has 0 aromatic carbocycles. The third-order valence-corrected chi connectivity index (χ3v) is 1.75. The Hall–Kier alpha value is -0.110. The van der Waals surface area contributed by atoms with Gasteiger partial charge in [0.05, 0.1) is 0 Å². The van der Waals surface area contributed by atoms with Gasteiger partial charge in [0.15, 0.2) is 0 Å². The van der Waals surface area contributed by atoms with Crippen molar-refractivity contribution >= 4 is 0 Å². The van der Waals surface area contributed by atoms with E-state index in [9.17, 15) is 4.39 Å². The Morgan fingerprint density at radius 2 is 2.00 bits per heavy atom.